The van der Waals surface area contributed by atoms with E-state index < -0.39 is 23.6 Å². The lowest BCUT2D eigenvalue weighted by atomic mass is 10.2. The zero-order valence-electron chi connectivity index (χ0n) is 14.6. The van der Waals surface area contributed by atoms with E-state index >= 15 is 0 Å². The summed E-state index contributed by atoms with van der Waals surface area (Å²) in [5.74, 6) is -2.89. The van der Waals surface area contributed by atoms with Crippen molar-refractivity contribution < 1.29 is 22.3 Å². The van der Waals surface area contributed by atoms with Crippen molar-refractivity contribution in [1.29, 1.82) is 5.41 Å². The molecule has 14 heteroatoms. The molecule has 0 aliphatic carbocycles. The van der Waals surface area contributed by atoms with Gasteiger partial charge < -0.3 is 10.5 Å². The van der Waals surface area contributed by atoms with Crippen molar-refractivity contribution in [3.63, 3.8) is 0 Å². The van der Waals surface area contributed by atoms with Crippen LogP contribution in [0.4, 0.5) is 17.6 Å². The number of rotatable bonds is 3. The van der Waals surface area contributed by atoms with Crippen LogP contribution in [0.15, 0.2) is 37.4 Å². The number of hydrogen-bond donors (Lipinski definition) is 2. The molecule has 0 amide bonds. The molecule has 154 valence electrons. The first-order valence-corrected chi connectivity index (χ1v) is 7.27. The van der Waals surface area contributed by atoms with Crippen molar-refractivity contribution in [1.82, 2.24) is 29.9 Å². The standard InChI is InChI=1S/C10H6F4N4O.C5H6N4.ClH/c1-19-9-6(10(12,13)14)7(11)17-8(18-9)5-2-15-4-16-3-5;6-5(7)4-1-8-3-9-2-4;/h2-4H,1H3;1-3H,(H3,6,7);1H. The number of nitrogen functional groups attached to an aromatic ring is 1. The largest absolute Gasteiger partial charge is 0.480 e. The van der Waals surface area contributed by atoms with Crippen LogP contribution in [0.2, 0.25) is 0 Å². The van der Waals surface area contributed by atoms with Crippen molar-refractivity contribution in [2.75, 3.05) is 7.11 Å². The summed E-state index contributed by atoms with van der Waals surface area (Å²) in [6.45, 7) is 0. The van der Waals surface area contributed by atoms with Crippen LogP contribution in [0.25, 0.3) is 11.4 Å². The topological polar surface area (TPSA) is 136 Å². The van der Waals surface area contributed by atoms with Gasteiger partial charge in [-0.05, 0) is 0 Å². The third kappa shape index (κ3) is 6.27. The van der Waals surface area contributed by atoms with Crippen LogP contribution in [0.5, 0.6) is 5.88 Å². The van der Waals surface area contributed by atoms with Crippen molar-refractivity contribution in [2.24, 2.45) is 5.73 Å². The van der Waals surface area contributed by atoms with Gasteiger partial charge in [-0.3, -0.25) is 5.41 Å². The molecule has 0 aromatic carbocycles. The number of nitrogens with one attached hydrogen (secondary N) is 1. The van der Waals surface area contributed by atoms with Crippen LogP contribution < -0.4 is 10.5 Å². The molecule has 3 rings (SSSR count). The minimum Gasteiger partial charge on any atom is -0.480 e. The zero-order valence-corrected chi connectivity index (χ0v) is 15.4. The van der Waals surface area contributed by atoms with Crippen molar-refractivity contribution in [3.8, 4) is 17.3 Å². The van der Waals surface area contributed by atoms with E-state index in [0.29, 0.717) is 5.56 Å². The van der Waals surface area contributed by atoms with E-state index in [1.807, 2.05) is 0 Å². The lowest BCUT2D eigenvalue weighted by molar-refractivity contribution is -0.142. The monoisotopic (exact) mass is 432 g/mol. The normalized spacial score (nSPS) is 10.2. The van der Waals surface area contributed by atoms with Crippen LogP contribution in [0.1, 0.15) is 11.1 Å². The highest BCUT2D eigenvalue weighted by Crippen LogP contribution is 2.37. The van der Waals surface area contributed by atoms with E-state index in [0.717, 1.165) is 7.11 Å². The van der Waals surface area contributed by atoms with E-state index in [1.54, 1.807) is 0 Å². The van der Waals surface area contributed by atoms with Crippen LogP contribution in [0.3, 0.4) is 0 Å². The summed E-state index contributed by atoms with van der Waals surface area (Å²) in [7, 11) is 0.961. The zero-order chi connectivity index (χ0) is 20.7. The molecule has 0 unspecified atom stereocenters. The lowest BCUT2D eigenvalue weighted by Crippen LogP contribution is -2.14. The van der Waals surface area contributed by atoms with Gasteiger partial charge >= 0.3 is 6.18 Å². The van der Waals surface area contributed by atoms with Gasteiger partial charge in [0.1, 0.15) is 18.5 Å². The van der Waals surface area contributed by atoms with Crippen LogP contribution in [-0.4, -0.2) is 42.8 Å². The second-order valence-corrected chi connectivity index (χ2v) is 4.89. The van der Waals surface area contributed by atoms with Gasteiger partial charge in [0.15, 0.2) is 11.4 Å². The molecule has 0 bridgehead atoms. The Kier molecular flexibility index (Phi) is 8.26. The first kappa shape index (κ1) is 23.6. The average molecular weight is 433 g/mol. The second kappa shape index (κ2) is 10.2. The van der Waals surface area contributed by atoms with Gasteiger partial charge in [-0.25, -0.2) is 19.9 Å². The predicted octanol–water partition coefficient (Wildman–Crippen LogP) is 2.28. The summed E-state index contributed by atoms with van der Waals surface area (Å²) in [6.07, 6.45) is 3.14. The van der Waals surface area contributed by atoms with Gasteiger partial charge in [0.2, 0.25) is 11.8 Å². The van der Waals surface area contributed by atoms with Crippen molar-refractivity contribution >= 4 is 18.2 Å². The fourth-order valence-corrected chi connectivity index (χ4v) is 1.78. The highest BCUT2D eigenvalue weighted by atomic mass is 35.5. The highest BCUT2D eigenvalue weighted by Gasteiger charge is 2.40. The fourth-order valence-electron chi connectivity index (χ4n) is 1.78. The molecule has 0 fully saturated rings. The maximum absolute atomic E-state index is 13.5. The number of aromatic nitrogens is 6. The average Bonchev–Trinajstić information content (AvgIpc) is 2.68. The van der Waals surface area contributed by atoms with Crippen LogP contribution in [0, 0.1) is 11.4 Å². The van der Waals surface area contributed by atoms with Gasteiger partial charge in [-0.2, -0.15) is 27.5 Å². The van der Waals surface area contributed by atoms with Crippen molar-refractivity contribution in [3.05, 3.63) is 54.5 Å². The summed E-state index contributed by atoms with van der Waals surface area (Å²) in [4.78, 5) is 21.3. The Balaban J connectivity index is 0.000000355. The maximum Gasteiger partial charge on any atom is 0.426 e. The molecule has 29 heavy (non-hydrogen) atoms. The number of methoxy groups -OCH3 is 1. The SMILES string of the molecule is COc1nc(-c2cncnc2)nc(F)c1C(F)(F)F.Cl.N=C(N)c1cncnc1. The smallest absolute Gasteiger partial charge is 0.426 e. The molecule has 0 saturated heterocycles. The van der Waals surface area contributed by atoms with E-state index in [9.17, 15) is 17.6 Å². The molecule has 0 aliphatic rings. The maximum atomic E-state index is 13.5. The Morgan fingerprint density at radius 1 is 1.00 bits per heavy atom. The number of hydrogen-bond acceptors (Lipinski definition) is 8. The van der Waals surface area contributed by atoms with Gasteiger partial charge in [-0.15, -0.1) is 12.4 Å². The van der Waals surface area contributed by atoms with E-state index in [2.05, 4.69) is 34.6 Å². The first-order chi connectivity index (χ1) is 13.2. The molecule has 0 saturated carbocycles. The summed E-state index contributed by atoms with van der Waals surface area (Å²) in [5, 5.41) is 6.93. The number of amidine groups is 1. The Bertz CT molecular complexity index is 944. The predicted molar refractivity (Wildman–Crippen MR) is 94.9 cm³/mol. The number of ether oxygens (including phenoxy) is 1. The summed E-state index contributed by atoms with van der Waals surface area (Å²) in [5.41, 5.74) is 4.20. The van der Waals surface area contributed by atoms with Gasteiger partial charge in [-0.1, -0.05) is 0 Å². The molecule has 9 nitrogen and oxygen atoms in total. The van der Waals surface area contributed by atoms with Crippen LogP contribution in [-0.2, 0) is 6.18 Å². The Morgan fingerprint density at radius 3 is 1.93 bits per heavy atom. The Labute approximate surface area is 167 Å². The third-order valence-electron chi connectivity index (χ3n) is 3.00. The lowest BCUT2D eigenvalue weighted by Gasteiger charge is -2.12. The second-order valence-electron chi connectivity index (χ2n) is 4.89. The number of alkyl halides is 3. The van der Waals surface area contributed by atoms with Crippen LogP contribution >= 0.6 is 12.4 Å². The minimum absolute atomic E-state index is 0. The van der Waals surface area contributed by atoms with E-state index in [4.69, 9.17) is 11.1 Å². The molecular weight excluding hydrogens is 420 g/mol. The molecule has 0 atom stereocenters. The molecule has 0 radical (unpaired) electrons. The number of nitrogens with two attached hydrogens (primary N) is 1. The molecule has 3 heterocycles. The molecule has 0 spiro atoms. The van der Waals surface area contributed by atoms with E-state index in [1.165, 1.54) is 37.4 Å². The molecular formula is C15H13ClF4N8O. The minimum atomic E-state index is -4.94. The highest BCUT2D eigenvalue weighted by molar-refractivity contribution is 5.94. The summed E-state index contributed by atoms with van der Waals surface area (Å²) < 4.78 is 55.8. The quantitative estimate of drug-likeness (QED) is 0.278. The Morgan fingerprint density at radius 2 is 1.52 bits per heavy atom. The van der Waals surface area contributed by atoms with Crippen molar-refractivity contribution in [2.45, 2.75) is 6.18 Å². The fraction of sp³-hybridized carbons (Fsp3) is 0.133. The molecule has 3 aromatic heterocycles. The number of halogens is 5. The molecule has 3 N–H and O–H groups in total. The van der Waals surface area contributed by atoms with Gasteiger partial charge in [0.05, 0.1) is 18.2 Å². The van der Waals surface area contributed by atoms with Gasteiger partial charge in [0.25, 0.3) is 0 Å². The molecule has 0 aliphatic heterocycles. The summed E-state index contributed by atoms with van der Waals surface area (Å²) >= 11 is 0. The Hall–Kier alpha value is -3.48. The number of nitrogens with zero attached hydrogens (tertiary/aromatic N) is 6. The first-order valence-electron chi connectivity index (χ1n) is 7.27. The van der Waals surface area contributed by atoms with Gasteiger partial charge in [0, 0.05) is 24.8 Å². The summed E-state index contributed by atoms with van der Waals surface area (Å²) in [6, 6.07) is 0. The third-order valence-corrected chi connectivity index (χ3v) is 3.00. The molecule has 3 aromatic rings. The van der Waals surface area contributed by atoms with E-state index in [-0.39, 0.29) is 29.6 Å².